The van der Waals surface area contributed by atoms with Crippen molar-refractivity contribution >= 4 is 5.96 Å². The van der Waals surface area contributed by atoms with Crippen molar-refractivity contribution in [1.29, 1.82) is 0 Å². The number of rotatable bonds is 9. The van der Waals surface area contributed by atoms with Crippen LogP contribution in [0.1, 0.15) is 38.2 Å². The SMILES string of the molecule is CCCN1CCC(NC(=NC)NCCCN(C)Cc2ccccc2)CC1. The smallest absolute Gasteiger partial charge is 0.191 e. The van der Waals surface area contributed by atoms with Gasteiger partial charge in [0.25, 0.3) is 0 Å². The molecular formula is C21H37N5. The Kier molecular flexibility index (Phi) is 9.50. The van der Waals surface area contributed by atoms with E-state index in [0.29, 0.717) is 6.04 Å². The molecule has 0 bridgehead atoms. The van der Waals surface area contributed by atoms with Crippen LogP contribution in [0.4, 0.5) is 0 Å². The zero-order chi connectivity index (χ0) is 18.6. The van der Waals surface area contributed by atoms with Crippen LogP contribution in [0.2, 0.25) is 0 Å². The molecule has 2 rings (SSSR count). The Hall–Kier alpha value is -1.59. The molecule has 1 aromatic carbocycles. The average Bonchev–Trinajstić information content (AvgIpc) is 2.66. The van der Waals surface area contributed by atoms with E-state index in [0.717, 1.165) is 32.0 Å². The molecule has 0 aliphatic carbocycles. The fourth-order valence-corrected chi connectivity index (χ4v) is 3.54. The lowest BCUT2D eigenvalue weighted by Crippen LogP contribution is -2.49. The van der Waals surface area contributed by atoms with Crippen molar-refractivity contribution in [3.05, 3.63) is 35.9 Å². The Morgan fingerprint density at radius 2 is 1.96 bits per heavy atom. The van der Waals surface area contributed by atoms with Crippen LogP contribution in [0.5, 0.6) is 0 Å². The highest BCUT2D eigenvalue weighted by Crippen LogP contribution is 2.10. The van der Waals surface area contributed by atoms with Crippen LogP contribution in [0.3, 0.4) is 0 Å². The summed E-state index contributed by atoms with van der Waals surface area (Å²) in [4.78, 5) is 9.33. The largest absolute Gasteiger partial charge is 0.356 e. The predicted octanol–water partition coefficient (Wildman–Crippen LogP) is 2.55. The summed E-state index contributed by atoms with van der Waals surface area (Å²) < 4.78 is 0. The quantitative estimate of drug-likeness (QED) is 0.404. The van der Waals surface area contributed by atoms with Gasteiger partial charge >= 0.3 is 0 Å². The topological polar surface area (TPSA) is 42.9 Å². The summed E-state index contributed by atoms with van der Waals surface area (Å²) in [5.74, 6) is 0.949. The molecule has 1 saturated heterocycles. The van der Waals surface area contributed by atoms with E-state index in [4.69, 9.17) is 0 Å². The van der Waals surface area contributed by atoms with Gasteiger partial charge in [-0.05, 0) is 51.4 Å². The molecule has 0 atom stereocenters. The van der Waals surface area contributed by atoms with E-state index in [1.807, 2.05) is 7.05 Å². The number of hydrogen-bond acceptors (Lipinski definition) is 3. The minimum atomic E-state index is 0.551. The molecule has 1 heterocycles. The molecule has 146 valence electrons. The molecule has 1 aromatic rings. The Balaban J connectivity index is 1.59. The molecule has 0 spiro atoms. The lowest BCUT2D eigenvalue weighted by Gasteiger charge is -2.32. The molecular weight excluding hydrogens is 322 g/mol. The average molecular weight is 360 g/mol. The summed E-state index contributed by atoms with van der Waals surface area (Å²) in [5.41, 5.74) is 1.37. The summed E-state index contributed by atoms with van der Waals surface area (Å²) in [7, 11) is 4.05. The second kappa shape index (κ2) is 11.9. The van der Waals surface area contributed by atoms with Crippen molar-refractivity contribution < 1.29 is 0 Å². The second-order valence-electron chi connectivity index (χ2n) is 7.34. The third-order valence-corrected chi connectivity index (χ3v) is 5.00. The van der Waals surface area contributed by atoms with Crippen LogP contribution < -0.4 is 10.6 Å². The van der Waals surface area contributed by atoms with Gasteiger partial charge in [-0.1, -0.05) is 37.3 Å². The van der Waals surface area contributed by atoms with Gasteiger partial charge in [-0.2, -0.15) is 0 Å². The number of guanidine groups is 1. The van der Waals surface area contributed by atoms with E-state index in [1.54, 1.807) is 0 Å². The fraction of sp³-hybridized carbons (Fsp3) is 0.667. The maximum Gasteiger partial charge on any atom is 0.191 e. The van der Waals surface area contributed by atoms with E-state index >= 15 is 0 Å². The second-order valence-corrected chi connectivity index (χ2v) is 7.34. The van der Waals surface area contributed by atoms with Gasteiger partial charge in [-0.15, -0.1) is 0 Å². The highest BCUT2D eigenvalue weighted by Gasteiger charge is 2.19. The van der Waals surface area contributed by atoms with Crippen molar-refractivity contribution in [2.24, 2.45) is 4.99 Å². The van der Waals surface area contributed by atoms with Crippen LogP contribution in [0, 0.1) is 0 Å². The summed E-state index contributed by atoms with van der Waals surface area (Å²) in [6.07, 6.45) is 4.78. The van der Waals surface area contributed by atoms with Crippen molar-refractivity contribution in [3.63, 3.8) is 0 Å². The number of aliphatic imine (C=N–C) groups is 1. The molecule has 1 aliphatic rings. The standard InChI is InChI=1S/C21H37N5/c1-4-14-26-16-11-20(12-17-26)24-21(22-2)23-13-8-15-25(3)18-19-9-6-5-7-10-19/h5-7,9-10,20H,4,8,11-18H2,1-3H3,(H2,22,23,24). The van der Waals surface area contributed by atoms with Crippen molar-refractivity contribution in [1.82, 2.24) is 20.4 Å². The van der Waals surface area contributed by atoms with Crippen molar-refractivity contribution in [2.75, 3.05) is 46.8 Å². The summed E-state index contributed by atoms with van der Waals surface area (Å²) in [5, 5.41) is 7.07. The van der Waals surface area contributed by atoms with E-state index in [1.165, 1.54) is 44.5 Å². The van der Waals surface area contributed by atoms with E-state index < -0.39 is 0 Å². The number of benzene rings is 1. The summed E-state index contributed by atoms with van der Waals surface area (Å²) in [6.45, 7) is 8.93. The van der Waals surface area contributed by atoms with Gasteiger partial charge in [0.15, 0.2) is 5.96 Å². The normalized spacial score (nSPS) is 16.8. The van der Waals surface area contributed by atoms with Crippen molar-refractivity contribution in [2.45, 2.75) is 45.2 Å². The molecule has 1 aliphatic heterocycles. The Labute approximate surface area is 159 Å². The first-order valence-corrected chi connectivity index (χ1v) is 10.1. The van der Waals surface area contributed by atoms with Gasteiger partial charge in [0.2, 0.25) is 0 Å². The van der Waals surface area contributed by atoms with Gasteiger partial charge in [-0.25, -0.2) is 0 Å². The maximum absolute atomic E-state index is 4.39. The fourth-order valence-electron chi connectivity index (χ4n) is 3.54. The Bertz CT molecular complexity index is 508. The van der Waals surface area contributed by atoms with Gasteiger partial charge in [0.1, 0.15) is 0 Å². The molecule has 5 nitrogen and oxygen atoms in total. The first-order valence-electron chi connectivity index (χ1n) is 10.1. The van der Waals surface area contributed by atoms with Gasteiger partial charge < -0.3 is 20.4 Å². The molecule has 1 fully saturated rings. The minimum absolute atomic E-state index is 0.551. The zero-order valence-electron chi connectivity index (χ0n) is 16.9. The Morgan fingerprint density at radius 1 is 1.23 bits per heavy atom. The van der Waals surface area contributed by atoms with Crippen molar-refractivity contribution in [3.8, 4) is 0 Å². The highest BCUT2D eigenvalue weighted by atomic mass is 15.2. The third-order valence-electron chi connectivity index (χ3n) is 5.00. The maximum atomic E-state index is 4.39. The number of likely N-dealkylation sites (tertiary alicyclic amines) is 1. The first-order chi connectivity index (χ1) is 12.7. The monoisotopic (exact) mass is 359 g/mol. The molecule has 0 aromatic heterocycles. The van der Waals surface area contributed by atoms with Crippen LogP contribution in [0.15, 0.2) is 35.3 Å². The van der Waals surface area contributed by atoms with Crippen LogP contribution >= 0.6 is 0 Å². The molecule has 2 N–H and O–H groups in total. The lowest BCUT2D eigenvalue weighted by atomic mass is 10.1. The number of piperidine rings is 1. The zero-order valence-corrected chi connectivity index (χ0v) is 16.9. The summed E-state index contributed by atoms with van der Waals surface area (Å²) in [6, 6.07) is 11.2. The van der Waals surface area contributed by atoms with E-state index in [2.05, 4.69) is 69.7 Å². The van der Waals surface area contributed by atoms with Crippen LogP contribution in [0.25, 0.3) is 0 Å². The number of nitrogens with zero attached hydrogens (tertiary/aromatic N) is 3. The van der Waals surface area contributed by atoms with Crippen LogP contribution in [-0.2, 0) is 6.54 Å². The molecule has 0 saturated carbocycles. The minimum Gasteiger partial charge on any atom is -0.356 e. The van der Waals surface area contributed by atoms with Crippen LogP contribution in [-0.4, -0.2) is 68.6 Å². The molecule has 0 amide bonds. The first kappa shape index (κ1) is 20.7. The van der Waals surface area contributed by atoms with E-state index in [9.17, 15) is 0 Å². The summed E-state index contributed by atoms with van der Waals surface area (Å²) >= 11 is 0. The van der Waals surface area contributed by atoms with Gasteiger partial charge in [0.05, 0.1) is 0 Å². The van der Waals surface area contributed by atoms with Gasteiger partial charge in [-0.3, -0.25) is 4.99 Å². The van der Waals surface area contributed by atoms with E-state index in [-0.39, 0.29) is 0 Å². The molecule has 26 heavy (non-hydrogen) atoms. The number of hydrogen-bond donors (Lipinski definition) is 2. The molecule has 0 radical (unpaired) electrons. The molecule has 5 heteroatoms. The lowest BCUT2D eigenvalue weighted by molar-refractivity contribution is 0.206. The van der Waals surface area contributed by atoms with Gasteiger partial charge in [0, 0.05) is 39.3 Å². The highest BCUT2D eigenvalue weighted by molar-refractivity contribution is 5.79. The number of nitrogens with one attached hydrogen (secondary N) is 2. The molecule has 0 unspecified atom stereocenters. The Morgan fingerprint density at radius 3 is 2.62 bits per heavy atom. The third kappa shape index (κ3) is 7.75. The predicted molar refractivity (Wildman–Crippen MR) is 112 cm³/mol.